The average molecular weight is 252 g/mol. The fourth-order valence-electron chi connectivity index (χ4n) is 1.40. The van der Waals surface area contributed by atoms with Crippen LogP contribution >= 0.6 is 12.2 Å². The van der Waals surface area contributed by atoms with E-state index >= 15 is 0 Å². The van der Waals surface area contributed by atoms with Crippen LogP contribution in [0.5, 0.6) is 0 Å². The average Bonchev–Trinajstić information content (AvgIpc) is 2.27. The van der Waals surface area contributed by atoms with E-state index in [0.717, 1.165) is 16.8 Å². The summed E-state index contributed by atoms with van der Waals surface area (Å²) in [6.45, 7) is 4.20. The molecule has 17 heavy (non-hydrogen) atoms. The Morgan fingerprint density at radius 3 is 2.82 bits per heavy atom. The first kappa shape index (κ1) is 13.4. The summed E-state index contributed by atoms with van der Waals surface area (Å²) < 4.78 is 4.82. The summed E-state index contributed by atoms with van der Waals surface area (Å²) >= 11 is 4.96. The highest BCUT2D eigenvalue weighted by Crippen LogP contribution is 2.17. The number of ether oxygens (including phenoxy) is 1. The van der Waals surface area contributed by atoms with E-state index in [2.05, 4.69) is 5.32 Å². The highest BCUT2D eigenvalue weighted by Gasteiger charge is 2.07. The topological polar surface area (TPSA) is 64.3 Å². The summed E-state index contributed by atoms with van der Waals surface area (Å²) in [6, 6.07) is 5.66. The zero-order valence-electron chi connectivity index (χ0n) is 9.95. The molecule has 3 N–H and O–H groups in total. The Hall–Kier alpha value is -1.62. The number of thiocarbonyl (C=S) groups is 1. The SMILES string of the molecule is CCOC(=O)CNc1ccc(C)cc1C(N)=S. The van der Waals surface area contributed by atoms with Gasteiger partial charge in [0.25, 0.3) is 0 Å². The molecular formula is C12H16N2O2S. The molecule has 0 saturated heterocycles. The lowest BCUT2D eigenvalue weighted by molar-refractivity contribution is -0.140. The number of nitrogens with one attached hydrogen (secondary N) is 1. The zero-order valence-corrected chi connectivity index (χ0v) is 10.8. The Morgan fingerprint density at radius 1 is 1.53 bits per heavy atom. The number of carbonyl (C=O) groups is 1. The van der Waals surface area contributed by atoms with Crippen LogP contribution < -0.4 is 11.1 Å². The molecule has 0 aliphatic carbocycles. The Kier molecular flexibility index (Phi) is 4.90. The van der Waals surface area contributed by atoms with Crippen molar-refractivity contribution in [3.05, 3.63) is 29.3 Å². The molecule has 1 aromatic rings. The quantitative estimate of drug-likeness (QED) is 0.615. The van der Waals surface area contributed by atoms with Gasteiger partial charge in [0.2, 0.25) is 0 Å². The van der Waals surface area contributed by atoms with Gasteiger partial charge in [0.05, 0.1) is 6.61 Å². The summed E-state index contributed by atoms with van der Waals surface area (Å²) in [4.78, 5) is 11.5. The van der Waals surface area contributed by atoms with Gasteiger partial charge in [0.1, 0.15) is 11.5 Å². The number of aryl methyl sites for hydroxylation is 1. The Bertz CT molecular complexity index is 433. The van der Waals surface area contributed by atoms with E-state index in [4.69, 9.17) is 22.7 Å². The number of nitrogens with two attached hydrogens (primary N) is 1. The fraction of sp³-hybridized carbons (Fsp3) is 0.333. The number of carbonyl (C=O) groups excluding carboxylic acids is 1. The van der Waals surface area contributed by atoms with Crippen molar-refractivity contribution in [2.45, 2.75) is 13.8 Å². The van der Waals surface area contributed by atoms with Crippen molar-refractivity contribution >= 4 is 28.9 Å². The lowest BCUT2D eigenvalue weighted by Gasteiger charge is -2.11. The molecule has 0 heterocycles. The molecule has 0 saturated carbocycles. The van der Waals surface area contributed by atoms with Gasteiger partial charge in [-0.05, 0) is 26.0 Å². The standard InChI is InChI=1S/C12H16N2O2S/c1-3-16-11(15)7-14-10-5-4-8(2)6-9(10)12(13)17/h4-6,14H,3,7H2,1-2H3,(H2,13,17). The lowest BCUT2D eigenvalue weighted by atomic mass is 10.1. The van der Waals surface area contributed by atoms with Crippen molar-refractivity contribution in [3.8, 4) is 0 Å². The van der Waals surface area contributed by atoms with E-state index in [1.165, 1.54) is 0 Å². The van der Waals surface area contributed by atoms with Crippen LogP contribution in [-0.4, -0.2) is 24.1 Å². The number of hydrogen-bond acceptors (Lipinski definition) is 4. The predicted octanol–water partition coefficient (Wildman–Crippen LogP) is 1.60. The molecule has 5 heteroatoms. The van der Waals surface area contributed by atoms with Crippen molar-refractivity contribution in [2.75, 3.05) is 18.5 Å². The second kappa shape index (κ2) is 6.20. The molecule has 0 aliphatic rings. The molecule has 4 nitrogen and oxygen atoms in total. The number of esters is 1. The second-order valence-corrected chi connectivity index (χ2v) is 4.01. The van der Waals surface area contributed by atoms with Crippen molar-refractivity contribution in [2.24, 2.45) is 5.73 Å². The van der Waals surface area contributed by atoms with Gasteiger partial charge in [0, 0.05) is 11.3 Å². The summed E-state index contributed by atoms with van der Waals surface area (Å²) in [5.41, 5.74) is 8.17. The molecule has 0 aromatic heterocycles. The van der Waals surface area contributed by atoms with Crippen molar-refractivity contribution in [1.82, 2.24) is 0 Å². The molecule has 0 spiro atoms. The molecule has 0 bridgehead atoms. The fourth-order valence-corrected chi connectivity index (χ4v) is 1.56. The summed E-state index contributed by atoms with van der Waals surface area (Å²) in [5, 5.41) is 2.96. The third-order valence-electron chi connectivity index (χ3n) is 2.17. The van der Waals surface area contributed by atoms with E-state index in [9.17, 15) is 4.79 Å². The Labute approximate surface area is 106 Å². The van der Waals surface area contributed by atoms with Gasteiger partial charge in [-0.3, -0.25) is 4.79 Å². The van der Waals surface area contributed by atoms with E-state index in [1.54, 1.807) is 6.92 Å². The Balaban J connectivity index is 2.77. The molecule has 1 rings (SSSR count). The zero-order chi connectivity index (χ0) is 12.8. The smallest absolute Gasteiger partial charge is 0.325 e. The minimum atomic E-state index is -0.304. The van der Waals surface area contributed by atoms with Crippen molar-refractivity contribution in [1.29, 1.82) is 0 Å². The number of rotatable bonds is 5. The first-order valence-corrected chi connectivity index (χ1v) is 5.75. The highest BCUT2D eigenvalue weighted by molar-refractivity contribution is 7.80. The number of hydrogen-bond donors (Lipinski definition) is 2. The van der Waals surface area contributed by atoms with E-state index < -0.39 is 0 Å². The highest BCUT2D eigenvalue weighted by atomic mass is 32.1. The van der Waals surface area contributed by atoms with Crippen LogP contribution in [0.25, 0.3) is 0 Å². The minimum absolute atomic E-state index is 0.104. The monoisotopic (exact) mass is 252 g/mol. The summed E-state index contributed by atoms with van der Waals surface area (Å²) in [6.07, 6.45) is 0. The largest absolute Gasteiger partial charge is 0.465 e. The third kappa shape index (κ3) is 4.03. The third-order valence-corrected chi connectivity index (χ3v) is 2.39. The Morgan fingerprint density at radius 2 is 2.24 bits per heavy atom. The van der Waals surface area contributed by atoms with E-state index in [-0.39, 0.29) is 12.5 Å². The number of benzene rings is 1. The summed E-state index contributed by atoms with van der Waals surface area (Å²) in [5.74, 6) is -0.304. The number of anilines is 1. The first-order chi connectivity index (χ1) is 8.04. The van der Waals surface area contributed by atoms with Crippen LogP contribution in [0.4, 0.5) is 5.69 Å². The van der Waals surface area contributed by atoms with Gasteiger partial charge in [-0.25, -0.2) is 0 Å². The molecule has 0 radical (unpaired) electrons. The van der Waals surface area contributed by atoms with Gasteiger partial charge in [-0.1, -0.05) is 23.8 Å². The van der Waals surface area contributed by atoms with Gasteiger partial charge < -0.3 is 15.8 Å². The van der Waals surface area contributed by atoms with Crippen LogP contribution in [-0.2, 0) is 9.53 Å². The van der Waals surface area contributed by atoms with Gasteiger partial charge in [-0.15, -0.1) is 0 Å². The minimum Gasteiger partial charge on any atom is -0.465 e. The molecule has 92 valence electrons. The van der Waals surface area contributed by atoms with Crippen LogP contribution in [0.3, 0.4) is 0 Å². The molecular weight excluding hydrogens is 236 g/mol. The van der Waals surface area contributed by atoms with Gasteiger partial charge in [-0.2, -0.15) is 0 Å². The molecule has 0 fully saturated rings. The predicted molar refractivity (Wildman–Crippen MR) is 72.2 cm³/mol. The maximum Gasteiger partial charge on any atom is 0.325 e. The lowest BCUT2D eigenvalue weighted by Crippen LogP contribution is -2.19. The van der Waals surface area contributed by atoms with Crippen LogP contribution in [0.1, 0.15) is 18.1 Å². The molecule has 0 unspecified atom stereocenters. The van der Waals surface area contributed by atoms with E-state index in [1.807, 2.05) is 25.1 Å². The van der Waals surface area contributed by atoms with Crippen molar-refractivity contribution in [3.63, 3.8) is 0 Å². The van der Waals surface area contributed by atoms with Crippen molar-refractivity contribution < 1.29 is 9.53 Å². The first-order valence-electron chi connectivity index (χ1n) is 5.34. The summed E-state index contributed by atoms with van der Waals surface area (Å²) in [7, 11) is 0. The molecule has 0 amide bonds. The maximum atomic E-state index is 11.2. The van der Waals surface area contributed by atoms with E-state index in [0.29, 0.717) is 11.6 Å². The molecule has 0 aliphatic heterocycles. The maximum absolute atomic E-state index is 11.2. The van der Waals surface area contributed by atoms with Crippen LogP contribution in [0.2, 0.25) is 0 Å². The second-order valence-electron chi connectivity index (χ2n) is 3.57. The normalized spacial score (nSPS) is 9.76. The van der Waals surface area contributed by atoms with Gasteiger partial charge in [0.15, 0.2) is 0 Å². The molecule has 0 atom stereocenters. The van der Waals surface area contributed by atoms with Crippen LogP contribution in [0.15, 0.2) is 18.2 Å². The van der Waals surface area contributed by atoms with Gasteiger partial charge >= 0.3 is 5.97 Å². The van der Waals surface area contributed by atoms with Crippen LogP contribution in [0, 0.1) is 6.92 Å². The molecule has 1 aromatic carbocycles.